The molecule has 20 heavy (non-hydrogen) atoms. The zero-order valence-corrected chi connectivity index (χ0v) is 13.0. The summed E-state index contributed by atoms with van der Waals surface area (Å²) in [5, 5.41) is 3.04. The van der Waals surface area contributed by atoms with Crippen LogP contribution in [0.1, 0.15) is 31.9 Å². The normalized spacial score (nSPS) is 15.7. The number of carbonyl (C=O) groups excluding carboxylic acids is 1. The predicted molar refractivity (Wildman–Crippen MR) is 83.3 cm³/mol. The van der Waals surface area contributed by atoms with Gasteiger partial charge in [0.2, 0.25) is 5.91 Å². The minimum atomic E-state index is -0.479. The molecule has 3 N–H and O–H groups in total. The topological polar surface area (TPSA) is 58.4 Å². The number of nitrogens with two attached hydrogens (primary N) is 1. The molecular weight excluding hydrogens is 250 g/mol. The fourth-order valence-electron chi connectivity index (χ4n) is 2.07. The number of carbonyl (C=O) groups is 1. The van der Waals surface area contributed by atoms with Crippen molar-refractivity contribution in [2.24, 2.45) is 11.1 Å². The number of amides is 1. The van der Waals surface area contributed by atoms with Crippen molar-refractivity contribution in [3.05, 3.63) is 35.9 Å². The molecule has 1 aromatic rings. The SMILES string of the molecule is CCC(C)(CN)C(=O)NCC(c1ccccc1)N(C)C. The Bertz CT molecular complexity index is 413. The van der Waals surface area contributed by atoms with Crippen LogP contribution >= 0.6 is 0 Å². The largest absolute Gasteiger partial charge is 0.354 e. The fourth-order valence-corrected chi connectivity index (χ4v) is 2.07. The first-order valence-electron chi connectivity index (χ1n) is 7.14. The molecule has 0 fully saturated rings. The highest BCUT2D eigenvalue weighted by atomic mass is 16.2. The monoisotopic (exact) mass is 277 g/mol. The maximum Gasteiger partial charge on any atom is 0.227 e. The Kier molecular flexibility index (Phi) is 6.17. The summed E-state index contributed by atoms with van der Waals surface area (Å²) in [5.41, 5.74) is 6.44. The van der Waals surface area contributed by atoms with E-state index in [-0.39, 0.29) is 11.9 Å². The lowest BCUT2D eigenvalue weighted by atomic mass is 9.86. The van der Waals surface area contributed by atoms with Gasteiger partial charge in [-0.15, -0.1) is 0 Å². The Balaban J connectivity index is 2.72. The predicted octanol–water partition coefficient (Wildman–Crippen LogP) is 1.78. The maximum absolute atomic E-state index is 12.3. The fraction of sp³-hybridized carbons (Fsp3) is 0.562. The van der Waals surface area contributed by atoms with Gasteiger partial charge >= 0.3 is 0 Å². The van der Waals surface area contributed by atoms with Crippen molar-refractivity contribution in [1.82, 2.24) is 10.2 Å². The molecule has 0 aliphatic carbocycles. The molecule has 1 rings (SSSR count). The lowest BCUT2D eigenvalue weighted by Gasteiger charge is -2.29. The second-order valence-electron chi connectivity index (χ2n) is 5.72. The summed E-state index contributed by atoms with van der Waals surface area (Å²) in [6.07, 6.45) is 0.743. The molecule has 0 aliphatic rings. The number of hydrogen-bond acceptors (Lipinski definition) is 3. The summed E-state index contributed by atoms with van der Waals surface area (Å²) < 4.78 is 0. The van der Waals surface area contributed by atoms with Crippen LogP contribution in [-0.4, -0.2) is 38.0 Å². The standard InChI is InChI=1S/C16H27N3O/c1-5-16(2,12-17)15(20)18-11-14(19(3)4)13-9-7-6-8-10-13/h6-10,14H,5,11-12,17H2,1-4H3,(H,18,20). The molecule has 0 aliphatic heterocycles. The quantitative estimate of drug-likeness (QED) is 0.799. The number of hydrogen-bond donors (Lipinski definition) is 2. The maximum atomic E-state index is 12.3. The number of rotatable bonds is 7. The Labute approximate surface area is 122 Å². The highest BCUT2D eigenvalue weighted by Gasteiger charge is 2.30. The smallest absolute Gasteiger partial charge is 0.227 e. The van der Waals surface area contributed by atoms with Crippen LogP contribution < -0.4 is 11.1 Å². The molecule has 1 aromatic carbocycles. The molecule has 4 heteroatoms. The highest BCUT2D eigenvalue weighted by molar-refractivity contribution is 5.82. The van der Waals surface area contributed by atoms with Crippen molar-refractivity contribution in [1.29, 1.82) is 0 Å². The van der Waals surface area contributed by atoms with Gasteiger partial charge in [0.05, 0.1) is 11.5 Å². The van der Waals surface area contributed by atoms with E-state index in [0.29, 0.717) is 13.1 Å². The van der Waals surface area contributed by atoms with E-state index >= 15 is 0 Å². The Hall–Kier alpha value is -1.39. The van der Waals surface area contributed by atoms with Crippen LogP contribution in [0.2, 0.25) is 0 Å². The summed E-state index contributed by atoms with van der Waals surface area (Å²) in [4.78, 5) is 14.4. The van der Waals surface area contributed by atoms with E-state index in [1.807, 2.05) is 46.1 Å². The Morgan fingerprint density at radius 3 is 2.40 bits per heavy atom. The zero-order chi connectivity index (χ0) is 15.2. The molecule has 0 bridgehead atoms. The molecule has 0 saturated carbocycles. The van der Waals surface area contributed by atoms with Crippen LogP contribution in [0.5, 0.6) is 0 Å². The van der Waals surface area contributed by atoms with Crippen LogP contribution in [0.4, 0.5) is 0 Å². The van der Waals surface area contributed by atoms with Crippen LogP contribution in [0, 0.1) is 5.41 Å². The average Bonchev–Trinajstić information content (AvgIpc) is 2.47. The van der Waals surface area contributed by atoms with E-state index in [0.717, 1.165) is 6.42 Å². The minimum absolute atomic E-state index is 0.0327. The summed E-state index contributed by atoms with van der Waals surface area (Å²) >= 11 is 0. The van der Waals surface area contributed by atoms with Gasteiger partial charge in [-0.3, -0.25) is 4.79 Å². The van der Waals surface area contributed by atoms with E-state index in [4.69, 9.17) is 5.73 Å². The lowest BCUT2D eigenvalue weighted by molar-refractivity contribution is -0.130. The van der Waals surface area contributed by atoms with Gasteiger partial charge in [0.1, 0.15) is 0 Å². The van der Waals surface area contributed by atoms with Gasteiger partial charge in [-0.05, 0) is 33.0 Å². The van der Waals surface area contributed by atoms with Crippen molar-refractivity contribution in [2.45, 2.75) is 26.3 Å². The summed E-state index contributed by atoms with van der Waals surface area (Å²) in [6, 6.07) is 10.4. The Morgan fingerprint density at radius 2 is 1.95 bits per heavy atom. The molecule has 112 valence electrons. The summed E-state index contributed by atoms with van der Waals surface area (Å²) in [7, 11) is 4.04. The first-order valence-corrected chi connectivity index (χ1v) is 7.14. The van der Waals surface area contributed by atoms with E-state index in [9.17, 15) is 4.79 Å². The third kappa shape index (κ3) is 4.05. The van der Waals surface area contributed by atoms with Crippen LogP contribution in [0.25, 0.3) is 0 Å². The van der Waals surface area contributed by atoms with Gasteiger partial charge in [-0.25, -0.2) is 0 Å². The van der Waals surface area contributed by atoms with Crippen molar-refractivity contribution in [3.8, 4) is 0 Å². The molecular formula is C16H27N3O. The van der Waals surface area contributed by atoms with Gasteiger partial charge < -0.3 is 16.0 Å². The molecule has 0 radical (unpaired) electrons. The van der Waals surface area contributed by atoms with Gasteiger partial charge in [-0.2, -0.15) is 0 Å². The Morgan fingerprint density at radius 1 is 1.35 bits per heavy atom. The van der Waals surface area contributed by atoms with Crippen molar-refractivity contribution in [2.75, 3.05) is 27.2 Å². The molecule has 0 spiro atoms. The first-order chi connectivity index (χ1) is 9.44. The number of likely N-dealkylation sites (N-methyl/N-ethyl adjacent to an activating group) is 1. The molecule has 0 aromatic heterocycles. The molecule has 2 atom stereocenters. The highest BCUT2D eigenvalue weighted by Crippen LogP contribution is 2.21. The lowest BCUT2D eigenvalue weighted by Crippen LogP contribution is -2.45. The summed E-state index contributed by atoms with van der Waals surface area (Å²) in [5.74, 6) is 0.0327. The molecule has 0 saturated heterocycles. The third-order valence-electron chi connectivity index (χ3n) is 4.04. The number of nitrogens with zero attached hydrogens (tertiary/aromatic N) is 1. The van der Waals surface area contributed by atoms with Crippen molar-refractivity contribution >= 4 is 5.91 Å². The number of nitrogens with one attached hydrogen (secondary N) is 1. The van der Waals surface area contributed by atoms with Gasteiger partial charge in [0.15, 0.2) is 0 Å². The number of benzene rings is 1. The molecule has 0 heterocycles. The summed E-state index contributed by atoms with van der Waals surface area (Å²) in [6.45, 7) is 4.86. The van der Waals surface area contributed by atoms with E-state index in [1.165, 1.54) is 5.56 Å². The van der Waals surface area contributed by atoms with Crippen LogP contribution in [-0.2, 0) is 4.79 Å². The molecule has 4 nitrogen and oxygen atoms in total. The van der Waals surface area contributed by atoms with Crippen LogP contribution in [0.15, 0.2) is 30.3 Å². The van der Waals surface area contributed by atoms with Gasteiger partial charge in [0, 0.05) is 13.1 Å². The van der Waals surface area contributed by atoms with Crippen molar-refractivity contribution in [3.63, 3.8) is 0 Å². The average molecular weight is 277 g/mol. The first kappa shape index (κ1) is 16.7. The van der Waals surface area contributed by atoms with Crippen molar-refractivity contribution < 1.29 is 4.79 Å². The van der Waals surface area contributed by atoms with E-state index < -0.39 is 5.41 Å². The second kappa shape index (κ2) is 7.41. The second-order valence-corrected chi connectivity index (χ2v) is 5.72. The third-order valence-corrected chi connectivity index (χ3v) is 4.04. The van der Waals surface area contributed by atoms with Gasteiger partial charge in [-0.1, -0.05) is 37.3 Å². The van der Waals surface area contributed by atoms with E-state index in [2.05, 4.69) is 22.3 Å². The van der Waals surface area contributed by atoms with Gasteiger partial charge in [0.25, 0.3) is 0 Å². The van der Waals surface area contributed by atoms with E-state index in [1.54, 1.807) is 0 Å². The minimum Gasteiger partial charge on any atom is -0.354 e. The van der Waals surface area contributed by atoms with Crippen LogP contribution in [0.3, 0.4) is 0 Å². The zero-order valence-electron chi connectivity index (χ0n) is 13.0. The molecule has 1 amide bonds. The molecule has 2 unspecified atom stereocenters.